The lowest BCUT2D eigenvalue weighted by Crippen LogP contribution is -2.10. The predicted molar refractivity (Wildman–Crippen MR) is 62.9 cm³/mol. The summed E-state index contributed by atoms with van der Waals surface area (Å²) in [6, 6.07) is 10.3. The van der Waals surface area contributed by atoms with Crippen LogP contribution in [0.3, 0.4) is 0 Å². The second-order valence-corrected chi connectivity index (χ2v) is 3.75. The average molecular weight is 216 g/mol. The molecule has 0 spiro atoms. The Morgan fingerprint density at radius 3 is 2.75 bits per heavy atom. The summed E-state index contributed by atoms with van der Waals surface area (Å²) in [5.41, 5.74) is 7.90. The topological polar surface area (TPSA) is 56.7 Å². The molecule has 0 amide bonds. The standard InChI is InChI=1S/C12H16N4/c13-7-4-8-16-12(10-14-15-16)9-11-5-2-1-3-6-11/h1-3,5-6,10H,4,7-9,13H2. The normalized spacial score (nSPS) is 10.6. The molecule has 1 aromatic carbocycles. The first-order chi connectivity index (χ1) is 7.90. The van der Waals surface area contributed by atoms with Crippen molar-refractivity contribution in [2.75, 3.05) is 6.54 Å². The van der Waals surface area contributed by atoms with Crippen molar-refractivity contribution < 1.29 is 0 Å². The summed E-state index contributed by atoms with van der Waals surface area (Å²) in [7, 11) is 0. The molecular weight excluding hydrogens is 200 g/mol. The van der Waals surface area contributed by atoms with Gasteiger partial charge in [0.15, 0.2) is 0 Å². The van der Waals surface area contributed by atoms with E-state index in [1.165, 1.54) is 5.56 Å². The summed E-state index contributed by atoms with van der Waals surface area (Å²) in [4.78, 5) is 0. The molecule has 16 heavy (non-hydrogen) atoms. The fourth-order valence-corrected chi connectivity index (χ4v) is 1.65. The van der Waals surface area contributed by atoms with E-state index in [0.29, 0.717) is 6.54 Å². The quantitative estimate of drug-likeness (QED) is 0.817. The molecule has 1 heterocycles. The summed E-state index contributed by atoms with van der Waals surface area (Å²) in [5, 5.41) is 8.00. The van der Waals surface area contributed by atoms with Crippen molar-refractivity contribution >= 4 is 0 Å². The fraction of sp³-hybridized carbons (Fsp3) is 0.333. The van der Waals surface area contributed by atoms with Gasteiger partial charge in [0.05, 0.1) is 11.9 Å². The number of aromatic nitrogens is 3. The van der Waals surface area contributed by atoms with Gasteiger partial charge >= 0.3 is 0 Å². The second kappa shape index (κ2) is 5.42. The van der Waals surface area contributed by atoms with E-state index in [1.54, 1.807) is 0 Å². The molecule has 0 aliphatic carbocycles. The highest BCUT2D eigenvalue weighted by Gasteiger charge is 2.03. The number of nitrogens with zero attached hydrogens (tertiary/aromatic N) is 3. The number of nitrogens with two attached hydrogens (primary N) is 1. The zero-order valence-corrected chi connectivity index (χ0v) is 9.21. The number of hydrogen-bond acceptors (Lipinski definition) is 3. The molecular formula is C12H16N4. The van der Waals surface area contributed by atoms with Crippen LogP contribution in [-0.4, -0.2) is 21.5 Å². The van der Waals surface area contributed by atoms with E-state index in [1.807, 2.05) is 29.1 Å². The van der Waals surface area contributed by atoms with Crippen LogP contribution < -0.4 is 5.73 Å². The highest BCUT2D eigenvalue weighted by molar-refractivity contribution is 5.20. The summed E-state index contributed by atoms with van der Waals surface area (Å²) in [6.45, 7) is 1.53. The Morgan fingerprint density at radius 2 is 2.00 bits per heavy atom. The lowest BCUT2D eigenvalue weighted by Gasteiger charge is -2.05. The molecule has 0 fully saturated rings. The summed E-state index contributed by atoms with van der Waals surface area (Å²) in [6.07, 6.45) is 3.63. The fourth-order valence-electron chi connectivity index (χ4n) is 1.65. The van der Waals surface area contributed by atoms with Gasteiger partial charge in [0.2, 0.25) is 0 Å². The van der Waals surface area contributed by atoms with Crippen LogP contribution in [0.25, 0.3) is 0 Å². The van der Waals surface area contributed by atoms with Gasteiger partial charge in [0.1, 0.15) is 0 Å². The van der Waals surface area contributed by atoms with E-state index in [2.05, 4.69) is 22.4 Å². The molecule has 0 bridgehead atoms. The van der Waals surface area contributed by atoms with Crippen molar-refractivity contribution in [3.63, 3.8) is 0 Å². The van der Waals surface area contributed by atoms with Crippen LogP contribution >= 0.6 is 0 Å². The summed E-state index contributed by atoms with van der Waals surface area (Å²) in [5.74, 6) is 0. The Kier molecular flexibility index (Phi) is 3.66. The lowest BCUT2D eigenvalue weighted by atomic mass is 10.1. The lowest BCUT2D eigenvalue weighted by molar-refractivity contribution is 0.547. The van der Waals surface area contributed by atoms with Gasteiger partial charge in [-0.25, -0.2) is 4.68 Å². The van der Waals surface area contributed by atoms with Gasteiger partial charge in [-0.2, -0.15) is 0 Å². The highest BCUT2D eigenvalue weighted by Crippen LogP contribution is 2.07. The first-order valence-corrected chi connectivity index (χ1v) is 5.51. The Morgan fingerprint density at radius 1 is 1.19 bits per heavy atom. The SMILES string of the molecule is NCCCn1nncc1Cc1ccccc1. The molecule has 0 aliphatic heterocycles. The Bertz CT molecular complexity index is 422. The maximum Gasteiger partial charge on any atom is 0.0728 e. The monoisotopic (exact) mass is 216 g/mol. The molecule has 0 aliphatic rings. The van der Waals surface area contributed by atoms with Crippen LogP contribution in [0, 0.1) is 0 Å². The van der Waals surface area contributed by atoms with E-state index >= 15 is 0 Å². The van der Waals surface area contributed by atoms with Crippen LogP contribution in [0.15, 0.2) is 36.5 Å². The molecule has 2 rings (SSSR count). The molecule has 2 aromatic rings. The minimum absolute atomic E-state index is 0.685. The van der Waals surface area contributed by atoms with Crippen molar-refractivity contribution in [3.8, 4) is 0 Å². The number of hydrogen-bond donors (Lipinski definition) is 1. The summed E-state index contributed by atoms with van der Waals surface area (Å²) >= 11 is 0. The van der Waals surface area contributed by atoms with E-state index in [0.717, 1.165) is 25.1 Å². The van der Waals surface area contributed by atoms with Crippen molar-refractivity contribution in [1.29, 1.82) is 0 Å². The van der Waals surface area contributed by atoms with Gasteiger partial charge in [-0.05, 0) is 18.5 Å². The van der Waals surface area contributed by atoms with Gasteiger partial charge in [0.25, 0.3) is 0 Å². The third-order valence-corrected chi connectivity index (χ3v) is 2.50. The summed E-state index contributed by atoms with van der Waals surface area (Å²) < 4.78 is 1.93. The van der Waals surface area contributed by atoms with Crippen molar-refractivity contribution in [3.05, 3.63) is 47.8 Å². The number of benzene rings is 1. The van der Waals surface area contributed by atoms with Gasteiger partial charge in [0, 0.05) is 13.0 Å². The highest BCUT2D eigenvalue weighted by atomic mass is 15.4. The third-order valence-electron chi connectivity index (χ3n) is 2.50. The predicted octanol–water partition coefficient (Wildman–Crippen LogP) is 1.22. The molecule has 0 unspecified atom stereocenters. The van der Waals surface area contributed by atoms with Gasteiger partial charge in [-0.3, -0.25) is 0 Å². The third kappa shape index (κ3) is 2.67. The molecule has 0 saturated heterocycles. The van der Waals surface area contributed by atoms with Crippen molar-refractivity contribution in [2.24, 2.45) is 5.73 Å². The molecule has 2 N–H and O–H groups in total. The molecule has 0 saturated carbocycles. The maximum absolute atomic E-state index is 5.49. The van der Waals surface area contributed by atoms with E-state index in [-0.39, 0.29) is 0 Å². The average Bonchev–Trinajstić information content (AvgIpc) is 2.75. The molecule has 0 atom stereocenters. The molecule has 4 nitrogen and oxygen atoms in total. The molecule has 4 heteroatoms. The van der Waals surface area contributed by atoms with Gasteiger partial charge in [-0.15, -0.1) is 5.10 Å². The van der Waals surface area contributed by atoms with Gasteiger partial charge in [-0.1, -0.05) is 35.5 Å². The van der Waals surface area contributed by atoms with Gasteiger partial charge < -0.3 is 5.73 Å². The number of rotatable bonds is 5. The maximum atomic E-state index is 5.49. The van der Waals surface area contributed by atoms with Crippen LogP contribution in [0.2, 0.25) is 0 Å². The van der Waals surface area contributed by atoms with E-state index in [9.17, 15) is 0 Å². The minimum atomic E-state index is 0.685. The zero-order chi connectivity index (χ0) is 11.2. The molecule has 84 valence electrons. The molecule has 0 radical (unpaired) electrons. The Labute approximate surface area is 95.1 Å². The second-order valence-electron chi connectivity index (χ2n) is 3.75. The Balaban J connectivity index is 2.07. The van der Waals surface area contributed by atoms with Crippen molar-refractivity contribution in [1.82, 2.24) is 15.0 Å². The number of aryl methyl sites for hydroxylation is 1. The van der Waals surface area contributed by atoms with Crippen LogP contribution in [0.4, 0.5) is 0 Å². The van der Waals surface area contributed by atoms with Crippen molar-refractivity contribution in [2.45, 2.75) is 19.4 Å². The van der Waals surface area contributed by atoms with E-state index in [4.69, 9.17) is 5.73 Å². The minimum Gasteiger partial charge on any atom is -0.330 e. The first-order valence-electron chi connectivity index (χ1n) is 5.51. The molecule has 1 aromatic heterocycles. The van der Waals surface area contributed by atoms with E-state index < -0.39 is 0 Å². The largest absolute Gasteiger partial charge is 0.330 e. The van der Waals surface area contributed by atoms with Crippen LogP contribution in [0.5, 0.6) is 0 Å². The zero-order valence-electron chi connectivity index (χ0n) is 9.21. The Hall–Kier alpha value is -1.68. The smallest absolute Gasteiger partial charge is 0.0728 e. The van der Waals surface area contributed by atoms with Crippen LogP contribution in [0.1, 0.15) is 17.7 Å². The van der Waals surface area contributed by atoms with Crippen LogP contribution in [-0.2, 0) is 13.0 Å². The first kappa shape index (κ1) is 10.8.